The molecule has 0 N–H and O–H groups in total. The van der Waals surface area contributed by atoms with Gasteiger partial charge >= 0.3 is 0 Å². The van der Waals surface area contributed by atoms with E-state index in [4.69, 9.17) is 4.43 Å². The first-order valence-corrected chi connectivity index (χ1v) is 14.4. The van der Waals surface area contributed by atoms with E-state index in [0.29, 0.717) is 6.61 Å². The molecule has 0 bridgehead atoms. The van der Waals surface area contributed by atoms with Gasteiger partial charge in [0, 0.05) is 17.6 Å². The van der Waals surface area contributed by atoms with Gasteiger partial charge in [0.1, 0.15) is 0 Å². The Balaban J connectivity index is 1.94. The van der Waals surface area contributed by atoms with Crippen LogP contribution in [0.4, 0.5) is 5.69 Å². The van der Waals surface area contributed by atoms with E-state index < -0.39 is 8.32 Å². The van der Waals surface area contributed by atoms with Crippen molar-refractivity contribution >= 4 is 29.9 Å². The largest absolute Gasteiger partial charge is 0.413 e. The lowest BCUT2D eigenvalue weighted by Crippen LogP contribution is -2.40. The number of anilines is 1. The lowest BCUT2D eigenvalue weighted by atomic mass is 9.77. The smallest absolute Gasteiger partial charge is 0.192 e. The lowest BCUT2D eigenvalue weighted by molar-refractivity contribution is 0.275. The highest BCUT2D eigenvalue weighted by Gasteiger charge is 2.38. The van der Waals surface area contributed by atoms with Crippen molar-refractivity contribution in [2.24, 2.45) is 0 Å². The van der Waals surface area contributed by atoms with Gasteiger partial charge in [-0.1, -0.05) is 77.1 Å². The Hall–Kier alpha value is -1.10. The second kappa shape index (κ2) is 8.20. The third-order valence-electron chi connectivity index (χ3n) is 6.86. The molecule has 1 heterocycles. The van der Waals surface area contributed by atoms with E-state index in [2.05, 4.69) is 111 Å². The summed E-state index contributed by atoms with van der Waals surface area (Å²) in [6.07, 6.45) is 1.17. The molecule has 0 saturated carbocycles. The minimum absolute atomic E-state index is 0.184. The molecule has 0 radical (unpaired) electrons. The molecule has 0 amide bonds. The van der Waals surface area contributed by atoms with Crippen LogP contribution < -0.4 is 4.90 Å². The Morgan fingerprint density at radius 3 is 2.34 bits per heavy atom. The van der Waals surface area contributed by atoms with Crippen molar-refractivity contribution < 1.29 is 4.43 Å². The summed E-state index contributed by atoms with van der Waals surface area (Å²) >= 11 is 3.98. The fraction of sp³-hybridized carbons (Fsp3) is 0.520. The van der Waals surface area contributed by atoms with Crippen molar-refractivity contribution in [1.29, 1.82) is 0 Å². The topological polar surface area (TPSA) is 12.5 Å². The number of rotatable bonds is 5. The fourth-order valence-corrected chi connectivity index (χ4v) is 5.33. The highest BCUT2D eigenvalue weighted by atomic mass is 79.9. The molecule has 0 fully saturated rings. The predicted octanol–water partition coefficient (Wildman–Crippen LogP) is 7.66. The zero-order valence-electron chi connectivity index (χ0n) is 19.1. The van der Waals surface area contributed by atoms with Gasteiger partial charge in [-0.2, -0.15) is 0 Å². The average molecular weight is 475 g/mol. The van der Waals surface area contributed by atoms with E-state index >= 15 is 0 Å². The summed E-state index contributed by atoms with van der Waals surface area (Å²) in [4.78, 5) is 2.54. The second-order valence-corrected chi connectivity index (χ2v) is 16.1. The van der Waals surface area contributed by atoms with Crippen LogP contribution in [0.1, 0.15) is 57.7 Å². The summed E-state index contributed by atoms with van der Waals surface area (Å²) in [6.45, 7) is 18.9. The van der Waals surface area contributed by atoms with E-state index in [0.717, 1.165) is 13.1 Å². The highest BCUT2D eigenvalue weighted by molar-refractivity contribution is 9.10. The van der Waals surface area contributed by atoms with Crippen molar-refractivity contribution in [3.63, 3.8) is 0 Å². The monoisotopic (exact) mass is 473 g/mol. The molecular weight excluding hydrogens is 438 g/mol. The van der Waals surface area contributed by atoms with Crippen LogP contribution in [-0.2, 0) is 23.0 Å². The van der Waals surface area contributed by atoms with Gasteiger partial charge in [0.15, 0.2) is 8.32 Å². The zero-order chi connectivity index (χ0) is 21.4. The Morgan fingerprint density at radius 2 is 1.72 bits per heavy atom. The minimum atomic E-state index is -1.79. The third-order valence-corrected chi connectivity index (χ3v) is 12.2. The average Bonchev–Trinajstić information content (AvgIpc) is 2.63. The molecule has 4 heteroatoms. The van der Waals surface area contributed by atoms with Crippen LogP contribution >= 0.6 is 15.9 Å². The van der Waals surface area contributed by atoms with E-state index in [1.165, 1.54) is 33.3 Å². The molecule has 158 valence electrons. The van der Waals surface area contributed by atoms with Crippen LogP contribution in [0.5, 0.6) is 0 Å². The van der Waals surface area contributed by atoms with Gasteiger partial charge in [0.2, 0.25) is 0 Å². The standard InChI is InChI=1S/C25H36BrNOSi/c1-24(2,3)29(6,7)28-18-20-13-14-21-23(22(20)26)27(16-15-25(21,4)5)17-19-11-9-8-10-12-19/h8-14H,15-18H2,1-7H3. The van der Waals surface area contributed by atoms with Gasteiger partial charge in [-0.3, -0.25) is 0 Å². The van der Waals surface area contributed by atoms with Gasteiger partial charge in [-0.15, -0.1) is 0 Å². The summed E-state index contributed by atoms with van der Waals surface area (Å²) in [6, 6.07) is 15.4. The first-order valence-electron chi connectivity index (χ1n) is 10.7. The van der Waals surface area contributed by atoms with Gasteiger partial charge in [-0.25, -0.2) is 0 Å². The van der Waals surface area contributed by atoms with E-state index in [1.54, 1.807) is 0 Å². The van der Waals surface area contributed by atoms with Gasteiger partial charge in [0.25, 0.3) is 0 Å². The van der Waals surface area contributed by atoms with Crippen molar-refractivity contribution in [3.8, 4) is 0 Å². The molecule has 0 spiro atoms. The minimum Gasteiger partial charge on any atom is -0.413 e. The number of fused-ring (bicyclic) bond motifs is 1. The maximum atomic E-state index is 6.55. The van der Waals surface area contributed by atoms with Crippen LogP contribution in [0.15, 0.2) is 46.9 Å². The first kappa shape index (κ1) is 22.6. The molecule has 0 unspecified atom stereocenters. The summed E-state index contributed by atoms with van der Waals surface area (Å²) in [7, 11) is -1.79. The Kier molecular flexibility index (Phi) is 6.39. The highest BCUT2D eigenvalue weighted by Crippen LogP contribution is 2.46. The molecule has 0 aromatic heterocycles. The normalized spacial score (nSPS) is 16.6. The maximum Gasteiger partial charge on any atom is 0.192 e. The predicted molar refractivity (Wildman–Crippen MR) is 131 cm³/mol. The fourth-order valence-electron chi connectivity index (χ4n) is 3.67. The summed E-state index contributed by atoms with van der Waals surface area (Å²) in [5.74, 6) is 0. The molecule has 1 aliphatic heterocycles. The zero-order valence-corrected chi connectivity index (χ0v) is 21.7. The van der Waals surface area contributed by atoms with Crippen molar-refractivity contribution in [3.05, 3.63) is 63.6 Å². The van der Waals surface area contributed by atoms with Crippen LogP contribution in [0.2, 0.25) is 18.1 Å². The number of benzene rings is 2. The SMILES string of the molecule is CC1(C)CCN(Cc2ccccc2)c2c1ccc(CO[Si](C)(C)C(C)(C)C)c2Br. The second-order valence-electron chi connectivity index (χ2n) is 10.5. The Labute approximate surface area is 186 Å². The molecule has 0 aliphatic carbocycles. The lowest BCUT2D eigenvalue weighted by Gasteiger charge is -2.42. The van der Waals surface area contributed by atoms with Crippen molar-refractivity contribution in [1.82, 2.24) is 0 Å². The van der Waals surface area contributed by atoms with Crippen LogP contribution in [-0.4, -0.2) is 14.9 Å². The van der Waals surface area contributed by atoms with E-state index in [9.17, 15) is 0 Å². The molecule has 29 heavy (non-hydrogen) atoms. The van der Waals surface area contributed by atoms with Gasteiger partial charge in [-0.05, 0) is 62.6 Å². The van der Waals surface area contributed by atoms with Crippen molar-refractivity contribution in [2.45, 2.75) is 77.7 Å². The molecule has 2 nitrogen and oxygen atoms in total. The Morgan fingerprint density at radius 1 is 1.07 bits per heavy atom. The van der Waals surface area contributed by atoms with Crippen LogP contribution in [0.3, 0.4) is 0 Å². The molecule has 3 rings (SSSR count). The van der Waals surface area contributed by atoms with E-state index in [1.807, 2.05) is 0 Å². The molecule has 2 aromatic rings. The number of hydrogen-bond donors (Lipinski definition) is 0. The number of halogens is 1. The maximum absolute atomic E-state index is 6.55. The summed E-state index contributed by atoms with van der Waals surface area (Å²) in [5.41, 5.74) is 5.57. The van der Waals surface area contributed by atoms with Crippen molar-refractivity contribution in [2.75, 3.05) is 11.4 Å². The molecule has 0 atom stereocenters. The first-order chi connectivity index (χ1) is 13.4. The van der Waals surface area contributed by atoms with E-state index in [-0.39, 0.29) is 10.5 Å². The number of nitrogens with zero attached hydrogens (tertiary/aromatic N) is 1. The molecular formula is C25H36BrNOSi. The quantitative estimate of drug-likeness (QED) is 0.413. The third kappa shape index (κ3) is 4.81. The van der Waals surface area contributed by atoms with Gasteiger partial charge in [0.05, 0.1) is 12.3 Å². The molecule has 0 saturated heterocycles. The van der Waals surface area contributed by atoms with Crippen LogP contribution in [0.25, 0.3) is 0 Å². The summed E-state index contributed by atoms with van der Waals surface area (Å²) < 4.78 is 7.75. The van der Waals surface area contributed by atoms with Crippen LogP contribution in [0, 0.1) is 0 Å². The van der Waals surface area contributed by atoms with Gasteiger partial charge < -0.3 is 9.33 Å². The molecule has 2 aromatic carbocycles. The Bertz CT molecular complexity index is 855. The molecule has 1 aliphatic rings. The number of hydrogen-bond acceptors (Lipinski definition) is 2. The summed E-state index contributed by atoms with van der Waals surface area (Å²) in [5, 5.41) is 0.217.